The number of carbonyl (C=O) groups is 2. The highest BCUT2D eigenvalue weighted by Crippen LogP contribution is 2.22. The minimum Gasteiger partial charge on any atom is -0.341 e. The summed E-state index contributed by atoms with van der Waals surface area (Å²) in [5, 5.41) is 2.93. The van der Waals surface area contributed by atoms with Gasteiger partial charge in [-0.25, -0.2) is 0 Å². The molecular formula is C24H31N3O2. The SMILES string of the molecule is CCCN1CCN(C(=O)CNC)C[C@@H](Cc2ccc(-c3ccccc3)cc2)C1=O. The van der Waals surface area contributed by atoms with Crippen LogP contribution in [0.2, 0.25) is 0 Å². The lowest BCUT2D eigenvalue weighted by atomic mass is 9.95. The summed E-state index contributed by atoms with van der Waals surface area (Å²) in [5.41, 5.74) is 3.48. The van der Waals surface area contributed by atoms with Gasteiger partial charge in [0.25, 0.3) is 0 Å². The third-order valence-corrected chi connectivity index (χ3v) is 5.46. The number of likely N-dealkylation sites (N-methyl/N-ethyl adjacent to an activating group) is 1. The Kier molecular flexibility index (Phi) is 7.42. The molecule has 5 nitrogen and oxygen atoms in total. The Hall–Kier alpha value is -2.66. The van der Waals surface area contributed by atoms with Crippen molar-refractivity contribution in [1.29, 1.82) is 0 Å². The van der Waals surface area contributed by atoms with E-state index < -0.39 is 0 Å². The number of benzene rings is 2. The van der Waals surface area contributed by atoms with Gasteiger partial charge in [-0.1, -0.05) is 61.5 Å². The molecule has 1 aliphatic rings. The first-order chi connectivity index (χ1) is 14.1. The van der Waals surface area contributed by atoms with Gasteiger partial charge in [0.1, 0.15) is 0 Å². The van der Waals surface area contributed by atoms with Gasteiger partial charge in [0, 0.05) is 26.2 Å². The van der Waals surface area contributed by atoms with Gasteiger partial charge in [-0.3, -0.25) is 9.59 Å². The Bertz CT molecular complexity index is 805. The van der Waals surface area contributed by atoms with Gasteiger partial charge >= 0.3 is 0 Å². The van der Waals surface area contributed by atoms with Crippen LogP contribution in [0.5, 0.6) is 0 Å². The van der Waals surface area contributed by atoms with Crippen molar-refractivity contribution in [3.63, 3.8) is 0 Å². The molecule has 2 amide bonds. The zero-order valence-electron chi connectivity index (χ0n) is 17.4. The van der Waals surface area contributed by atoms with Crippen molar-refractivity contribution >= 4 is 11.8 Å². The highest BCUT2D eigenvalue weighted by atomic mass is 16.2. The standard InChI is InChI=1S/C24H31N3O2/c1-3-13-26-14-15-27(23(28)17-25-2)18-22(24(26)29)16-19-9-11-21(12-10-19)20-7-5-4-6-8-20/h4-12,22,25H,3,13-18H2,1-2H3/t22-/m1/s1. The van der Waals surface area contributed by atoms with Crippen molar-refractivity contribution in [2.24, 2.45) is 5.92 Å². The number of rotatable bonds is 7. The summed E-state index contributed by atoms with van der Waals surface area (Å²) in [6, 6.07) is 18.7. The molecule has 2 aromatic rings. The van der Waals surface area contributed by atoms with Crippen LogP contribution in [0.3, 0.4) is 0 Å². The monoisotopic (exact) mass is 393 g/mol. The van der Waals surface area contributed by atoms with Crippen LogP contribution in [0.25, 0.3) is 11.1 Å². The van der Waals surface area contributed by atoms with Gasteiger partial charge in [0.2, 0.25) is 11.8 Å². The maximum atomic E-state index is 13.1. The van der Waals surface area contributed by atoms with E-state index in [1.807, 2.05) is 28.0 Å². The van der Waals surface area contributed by atoms with E-state index in [0.29, 0.717) is 32.6 Å². The van der Waals surface area contributed by atoms with Crippen LogP contribution in [0.4, 0.5) is 0 Å². The molecule has 0 aromatic heterocycles. The molecule has 0 spiro atoms. The van der Waals surface area contributed by atoms with E-state index in [2.05, 4.69) is 48.6 Å². The molecule has 5 heteroatoms. The summed E-state index contributed by atoms with van der Waals surface area (Å²) in [4.78, 5) is 29.3. The molecule has 1 heterocycles. The Morgan fingerprint density at radius 2 is 1.72 bits per heavy atom. The number of nitrogens with zero attached hydrogens (tertiary/aromatic N) is 2. The van der Waals surface area contributed by atoms with Crippen molar-refractivity contribution in [2.45, 2.75) is 19.8 Å². The lowest BCUT2D eigenvalue weighted by Gasteiger charge is -2.24. The van der Waals surface area contributed by atoms with Crippen LogP contribution in [0.15, 0.2) is 54.6 Å². The zero-order valence-corrected chi connectivity index (χ0v) is 17.4. The second-order valence-corrected chi connectivity index (χ2v) is 7.66. The van der Waals surface area contributed by atoms with Crippen LogP contribution < -0.4 is 5.32 Å². The van der Waals surface area contributed by atoms with Gasteiger partial charge in [0.15, 0.2) is 0 Å². The normalized spacial score (nSPS) is 17.3. The summed E-state index contributed by atoms with van der Waals surface area (Å²) >= 11 is 0. The van der Waals surface area contributed by atoms with E-state index in [0.717, 1.165) is 18.5 Å². The molecular weight excluding hydrogens is 362 g/mol. The molecule has 154 valence electrons. The molecule has 0 bridgehead atoms. The van der Waals surface area contributed by atoms with Gasteiger partial charge in [-0.2, -0.15) is 0 Å². The minimum absolute atomic E-state index is 0.0584. The highest BCUT2D eigenvalue weighted by Gasteiger charge is 2.31. The van der Waals surface area contributed by atoms with E-state index in [1.165, 1.54) is 11.1 Å². The van der Waals surface area contributed by atoms with Crippen molar-refractivity contribution in [3.05, 3.63) is 60.2 Å². The molecule has 1 aliphatic heterocycles. The van der Waals surface area contributed by atoms with Crippen molar-refractivity contribution in [2.75, 3.05) is 39.8 Å². The Morgan fingerprint density at radius 3 is 2.38 bits per heavy atom. The number of amides is 2. The maximum Gasteiger partial charge on any atom is 0.236 e. The average molecular weight is 394 g/mol. The smallest absolute Gasteiger partial charge is 0.236 e. The first kappa shape index (κ1) is 21.1. The quantitative estimate of drug-likeness (QED) is 0.787. The third kappa shape index (κ3) is 5.45. The van der Waals surface area contributed by atoms with E-state index >= 15 is 0 Å². The summed E-state index contributed by atoms with van der Waals surface area (Å²) in [5.74, 6) is 0.0225. The Labute approximate surface area is 173 Å². The Morgan fingerprint density at radius 1 is 1.03 bits per heavy atom. The molecule has 2 aromatic carbocycles. The first-order valence-electron chi connectivity index (χ1n) is 10.5. The average Bonchev–Trinajstić information content (AvgIpc) is 2.90. The van der Waals surface area contributed by atoms with E-state index in [-0.39, 0.29) is 17.7 Å². The topological polar surface area (TPSA) is 52.6 Å². The molecule has 3 rings (SSSR count). The molecule has 1 atom stereocenters. The van der Waals surface area contributed by atoms with Crippen LogP contribution >= 0.6 is 0 Å². The summed E-state index contributed by atoms with van der Waals surface area (Å²) in [7, 11) is 1.77. The second kappa shape index (κ2) is 10.2. The predicted octanol–water partition coefficient (Wildman–Crippen LogP) is 2.81. The first-order valence-corrected chi connectivity index (χ1v) is 10.5. The molecule has 1 N–H and O–H groups in total. The summed E-state index contributed by atoms with van der Waals surface area (Å²) in [6.45, 7) is 4.84. The maximum absolute atomic E-state index is 13.1. The van der Waals surface area contributed by atoms with E-state index in [9.17, 15) is 9.59 Å². The largest absolute Gasteiger partial charge is 0.341 e. The van der Waals surface area contributed by atoms with Crippen LogP contribution in [-0.4, -0.2) is 61.4 Å². The predicted molar refractivity (Wildman–Crippen MR) is 116 cm³/mol. The molecule has 1 saturated heterocycles. The lowest BCUT2D eigenvalue weighted by Crippen LogP contribution is -2.41. The summed E-state index contributed by atoms with van der Waals surface area (Å²) < 4.78 is 0. The van der Waals surface area contributed by atoms with Gasteiger partial charge in [0.05, 0.1) is 12.5 Å². The van der Waals surface area contributed by atoms with Crippen LogP contribution in [0, 0.1) is 5.92 Å². The van der Waals surface area contributed by atoms with Crippen LogP contribution in [-0.2, 0) is 16.0 Å². The minimum atomic E-state index is -0.201. The molecule has 0 aliphatic carbocycles. The van der Waals surface area contributed by atoms with Crippen molar-refractivity contribution in [1.82, 2.24) is 15.1 Å². The summed E-state index contributed by atoms with van der Waals surface area (Å²) in [6.07, 6.45) is 1.58. The number of hydrogen-bond donors (Lipinski definition) is 1. The van der Waals surface area contributed by atoms with Crippen molar-refractivity contribution in [3.8, 4) is 11.1 Å². The van der Waals surface area contributed by atoms with Gasteiger partial charge in [-0.05, 0) is 36.6 Å². The van der Waals surface area contributed by atoms with E-state index in [4.69, 9.17) is 0 Å². The molecule has 0 radical (unpaired) electrons. The fourth-order valence-corrected chi connectivity index (χ4v) is 3.93. The molecule has 0 saturated carbocycles. The number of hydrogen-bond acceptors (Lipinski definition) is 3. The Balaban J connectivity index is 1.76. The fraction of sp³-hybridized carbons (Fsp3) is 0.417. The van der Waals surface area contributed by atoms with E-state index in [1.54, 1.807) is 7.05 Å². The van der Waals surface area contributed by atoms with Crippen LogP contribution in [0.1, 0.15) is 18.9 Å². The third-order valence-electron chi connectivity index (χ3n) is 5.46. The van der Waals surface area contributed by atoms with Crippen molar-refractivity contribution < 1.29 is 9.59 Å². The number of carbonyl (C=O) groups excluding carboxylic acids is 2. The van der Waals surface area contributed by atoms with Gasteiger partial charge < -0.3 is 15.1 Å². The highest BCUT2D eigenvalue weighted by molar-refractivity contribution is 5.83. The zero-order chi connectivity index (χ0) is 20.6. The molecule has 29 heavy (non-hydrogen) atoms. The molecule has 1 fully saturated rings. The molecule has 0 unspecified atom stereocenters. The number of nitrogens with one attached hydrogen (secondary N) is 1. The second-order valence-electron chi connectivity index (χ2n) is 7.66. The fourth-order valence-electron chi connectivity index (χ4n) is 3.93. The van der Waals surface area contributed by atoms with Gasteiger partial charge in [-0.15, -0.1) is 0 Å². The lowest BCUT2D eigenvalue weighted by molar-refractivity contribution is -0.134.